The molecule has 1 saturated carbocycles. The first-order chi connectivity index (χ1) is 8.22. The molecule has 2 rings (SSSR count). The van der Waals surface area contributed by atoms with E-state index in [4.69, 9.17) is 0 Å². The van der Waals surface area contributed by atoms with Gasteiger partial charge in [-0.15, -0.1) is 0 Å². The summed E-state index contributed by atoms with van der Waals surface area (Å²) < 4.78 is 0. The Hall–Kier alpha value is -0.0800. The van der Waals surface area contributed by atoms with E-state index in [1.54, 1.807) is 0 Å². The van der Waals surface area contributed by atoms with Gasteiger partial charge in [-0.1, -0.05) is 32.6 Å². The molecule has 1 saturated heterocycles. The Morgan fingerprint density at radius 3 is 2.71 bits per heavy atom. The molecular weight excluding hydrogens is 208 g/mol. The van der Waals surface area contributed by atoms with E-state index in [2.05, 4.69) is 24.5 Å². The van der Waals surface area contributed by atoms with Gasteiger partial charge in [0.15, 0.2) is 0 Å². The van der Waals surface area contributed by atoms with E-state index in [1.165, 1.54) is 64.5 Å². The Balaban J connectivity index is 1.73. The molecule has 100 valence electrons. The maximum atomic E-state index is 3.85. The van der Waals surface area contributed by atoms with Crippen LogP contribution in [0.2, 0.25) is 0 Å². The van der Waals surface area contributed by atoms with Crippen molar-refractivity contribution in [3.63, 3.8) is 0 Å². The third kappa shape index (κ3) is 3.96. The van der Waals surface area contributed by atoms with Crippen LogP contribution in [0.3, 0.4) is 0 Å². The van der Waals surface area contributed by atoms with E-state index in [9.17, 15) is 0 Å². The predicted molar refractivity (Wildman–Crippen MR) is 74.3 cm³/mol. The van der Waals surface area contributed by atoms with Crippen LogP contribution in [0.5, 0.6) is 0 Å². The molecule has 17 heavy (non-hydrogen) atoms. The molecule has 1 aliphatic heterocycles. The van der Waals surface area contributed by atoms with Crippen molar-refractivity contribution in [3.05, 3.63) is 0 Å². The smallest absolute Gasteiger partial charge is 0.0195 e. The lowest BCUT2D eigenvalue weighted by Crippen LogP contribution is -2.51. The fourth-order valence-electron chi connectivity index (χ4n) is 3.50. The van der Waals surface area contributed by atoms with Gasteiger partial charge >= 0.3 is 0 Å². The third-order valence-corrected chi connectivity index (χ3v) is 4.91. The van der Waals surface area contributed by atoms with Crippen LogP contribution in [-0.4, -0.2) is 24.7 Å². The first-order valence-electron chi connectivity index (χ1n) is 7.70. The van der Waals surface area contributed by atoms with Crippen LogP contribution in [0.15, 0.2) is 0 Å². The molecule has 0 amide bonds. The van der Waals surface area contributed by atoms with Crippen molar-refractivity contribution in [2.45, 2.75) is 76.8 Å². The summed E-state index contributed by atoms with van der Waals surface area (Å²) >= 11 is 0. The molecule has 2 atom stereocenters. The highest BCUT2D eigenvalue weighted by Crippen LogP contribution is 2.28. The second-order valence-electron chi connectivity index (χ2n) is 6.45. The van der Waals surface area contributed by atoms with E-state index in [-0.39, 0.29) is 0 Å². The van der Waals surface area contributed by atoms with Crippen molar-refractivity contribution >= 4 is 0 Å². The van der Waals surface area contributed by atoms with Gasteiger partial charge in [0.1, 0.15) is 0 Å². The average Bonchev–Trinajstić information content (AvgIpc) is 2.38. The molecule has 1 heterocycles. The normalized spacial score (nSPS) is 33.5. The van der Waals surface area contributed by atoms with E-state index >= 15 is 0 Å². The van der Waals surface area contributed by atoms with Crippen molar-refractivity contribution in [3.8, 4) is 0 Å². The molecule has 1 aliphatic carbocycles. The largest absolute Gasteiger partial charge is 0.313 e. The molecule has 2 N–H and O–H groups in total. The maximum Gasteiger partial charge on any atom is 0.0195 e. The monoisotopic (exact) mass is 238 g/mol. The third-order valence-electron chi connectivity index (χ3n) is 4.91. The highest BCUT2D eigenvalue weighted by Gasteiger charge is 2.28. The molecule has 0 aromatic heterocycles. The average molecular weight is 238 g/mol. The first kappa shape index (κ1) is 13.4. The Bertz CT molecular complexity index is 221. The topological polar surface area (TPSA) is 24.1 Å². The highest BCUT2D eigenvalue weighted by molar-refractivity contribution is 4.89. The number of piperidine rings is 1. The Morgan fingerprint density at radius 2 is 2.00 bits per heavy atom. The number of hydrogen-bond donors (Lipinski definition) is 2. The van der Waals surface area contributed by atoms with Gasteiger partial charge < -0.3 is 10.6 Å². The van der Waals surface area contributed by atoms with Crippen LogP contribution in [0.1, 0.15) is 65.2 Å². The summed E-state index contributed by atoms with van der Waals surface area (Å²) in [5, 5.41) is 7.53. The SMILES string of the molecule is CCC1CCNC(CNC2(C)CCCCC2)C1. The van der Waals surface area contributed by atoms with Crippen LogP contribution in [-0.2, 0) is 0 Å². The highest BCUT2D eigenvalue weighted by atomic mass is 15.0. The summed E-state index contributed by atoms with van der Waals surface area (Å²) in [4.78, 5) is 0. The van der Waals surface area contributed by atoms with E-state index < -0.39 is 0 Å². The Kier molecular flexibility index (Phi) is 4.87. The van der Waals surface area contributed by atoms with Crippen molar-refractivity contribution in [1.82, 2.24) is 10.6 Å². The van der Waals surface area contributed by atoms with Crippen LogP contribution in [0, 0.1) is 5.92 Å². The summed E-state index contributed by atoms with van der Waals surface area (Å²) in [5.74, 6) is 0.960. The molecule has 2 unspecified atom stereocenters. The Labute approximate surface area is 107 Å². The summed E-state index contributed by atoms with van der Waals surface area (Å²) in [5.41, 5.74) is 0.430. The van der Waals surface area contributed by atoms with Gasteiger partial charge in [-0.05, 0) is 45.1 Å². The second kappa shape index (κ2) is 6.19. The molecule has 2 fully saturated rings. The van der Waals surface area contributed by atoms with Crippen LogP contribution in [0.4, 0.5) is 0 Å². The summed E-state index contributed by atoms with van der Waals surface area (Å²) in [6, 6.07) is 0.715. The summed E-state index contributed by atoms with van der Waals surface area (Å²) in [6.07, 6.45) is 11.1. The fourth-order valence-corrected chi connectivity index (χ4v) is 3.50. The molecule has 0 aromatic carbocycles. The molecular formula is C15H30N2. The van der Waals surface area contributed by atoms with E-state index in [1.807, 2.05) is 0 Å². The minimum atomic E-state index is 0.430. The molecule has 0 aromatic rings. The van der Waals surface area contributed by atoms with Crippen molar-refractivity contribution < 1.29 is 0 Å². The van der Waals surface area contributed by atoms with Crippen LogP contribution in [0.25, 0.3) is 0 Å². The lowest BCUT2D eigenvalue weighted by atomic mass is 9.83. The van der Waals surface area contributed by atoms with E-state index in [0.29, 0.717) is 11.6 Å². The number of hydrogen-bond acceptors (Lipinski definition) is 2. The number of nitrogens with one attached hydrogen (secondary N) is 2. The molecule has 2 heteroatoms. The molecule has 2 nitrogen and oxygen atoms in total. The second-order valence-corrected chi connectivity index (χ2v) is 6.45. The predicted octanol–water partition coefficient (Wildman–Crippen LogP) is 3.08. The summed E-state index contributed by atoms with van der Waals surface area (Å²) in [6.45, 7) is 7.16. The molecule has 0 spiro atoms. The van der Waals surface area contributed by atoms with Gasteiger partial charge in [0.05, 0.1) is 0 Å². The molecule has 0 bridgehead atoms. The summed E-state index contributed by atoms with van der Waals surface area (Å²) in [7, 11) is 0. The zero-order valence-electron chi connectivity index (χ0n) is 11.7. The van der Waals surface area contributed by atoms with Crippen molar-refractivity contribution in [2.75, 3.05) is 13.1 Å². The van der Waals surface area contributed by atoms with Gasteiger partial charge in [-0.3, -0.25) is 0 Å². The van der Waals surface area contributed by atoms with Gasteiger partial charge in [0.25, 0.3) is 0 Å². The lowest BCUT2D eigenvalue weighted by molar-refractivity contribution is 0.221. The van der Waals surface area contributed by atoms with Gasteiger partial charge in [-0.2, -0.15) is 0 Å². The Morgan fingerprint density at radius 1 is 1.24 bits per heavy atom. The van der Waals surface area contributed by atoms with Gasteiger partial charge in [0.2, 0.25) is 0 Å². The molecule has 2 aliphatic rings. The van der Waals surface area contributed by atoms with Gasteiger partial charge in [-0.25, -0.2) is 0 Å². The standard InChI is InChI=1S/C15H30N2/c1-3-13-7-10-16-14(11-13)12-17-15(2)8-5-4-6-9-15/h13-14,16-17H,3-12H2,1-2H3. The fraction of sp³-hybridized carbons (Fsp3) is 1.00. The molecule has 0 radical (unpaired) electrons. The van der Waals surface area contributed by atoms with Crippen LogP contribution < -0.4 is 10.6 Å². The number of rotatable bonds is 4. The minimum Gasteiger partial charge on any atom is -0.313 e. The lowest BCUT2D eigenvalue weighted by Gasteiger charge is -2.38. The van der Waals surface area contributed by atoms with Crippen LogP contribution >= 0.6 is 0 Å². The zero-order valence-corrected chi connectivity index (χ0v) is 11.7. The minimum absolute atomic E-state index is 0.430. The quantitative estimate of drug-likeness (QED) is 0.786. The first-order valence-corrected chi connectivity index (χ1v) is 7.70. The van der Waals surface area contributed by atoms with Gasteiger partial charge in [0, 0.05) is 18.1 Å². The van der Waals surface area contributed by atoms with Crippen molar-refractivity contribution in [1.29, 1.82) is 0 Å². The zero-order chi connectivity index (χ0) is 12.1. The van der Waals surface area contributed by atoms with Crippen molar-refractivity contribution in [2.24, 2.45) is 5.92 Å². The maximum absolute atomic E-state index is 3.85. The van der Waals surface area contributed by atoms with E-state index in [0.717, 1.165) is 5.92 Å².